The summed E-state index contributed by atoms with van der Waals surface area (Å²) in [4.78, 5) is 0. The molecule has 2 rings (SSSR count). The highest BCUT2D eigenvalue weighted by Gasteiger charge is 2.03. The number of allylic oxidation sites excluding steroid dienone is 6. The molecule has 1 aromatic carbocycles. The Balaban J connectivity index is 2.09. The molecular formula is C18H19BN2O. The number of aromatic nitrogens is 2. The van der Waals surface area contributed by atoms with E-state index in [9.17, 15) is 0 Å². The lowest BCUT2D eigenvalue weighted by Gasteiger charge is -2.06. The van der Waals surface area contributed by atoms with E-state index in [-0.39, 0.29) is 0 Å². The summed E-state index contributed by atoms with van der Waals surface area (Å²) in [6, 6.07) is 9.50. The molecule has 22 heavy (non-hydrogen) atoms. The summed E-state index contributed by atoms with van der Waals surface area (Å²) in [5, 5.41) is 4.43. The standard InChI is InChI=1S/C18H19BN2O/c1-3-5-10-16(8-4-2)21-13-12-18(20-21)22-14-15-9-6-7-11-17(15)19/h3-13H,14H2,1-2H3/b5-3-,8-4-,16-10+. The van der Waals surface area contributed by atoms with Crippen LogP contribution in [0.3, 0.4) is 0 Å². The van der Waals surface area contributed by atoms with Crippen molar-refractivity contribution in [2.75, 3.05) is 0 Å². The molecule has 4 heteroatoms. The third-order valence-corrected chi connectivity index (χ3v) is 3.06. The lowest BCUT2D eigenvalue weighted by atomic mass is 9.91. The first-order valence-corrected chi connectivity index (χ1v) is 7.22. The summed E-state index contributed by atoms with van der Waals surface area (Å²) in [5.41, 5.74) is 2.65. The number of nitrogens with zero attached hydrogens (tertiary/aromatic N) is 2. The van der Waals surface area contributed by atoms with Crippen molar-refractivity contribution in [3.05, 3.63) is 72.5 Å². The number of benzene rings is 1. The van der Waals surface area contributed by atoms with Crippen LogP contribution in [0.25, 0.3) is 5.70 Å². The average molecular weight is 290 g/mol. The molecule has 2 radical (unpaired) electrons. The summed E-state index contributed by atoms with van der Waals surface area (Å²) in [7, 11) is 5.90. The van der Waals surface area contributed by atoms with E-state index in [0.29, 0.717) is 12.5 Å². The van der Waals surface area contributed by atoms with Crippen LogP contribution < -0.4 is 10.2 Å². The highest BCUT2D eigenvalue weighted by Crippen LogP contribution is 2.13. The number of rotatable bonds is 6. The number of hydrogen-bond donors (Lipinski definition) is 0. The van der Waals surface area contributed by atoms with Crippen LogP contribution in [0.15, 0.2) is 66.9 Å². The number of ether oxygens (including phenoxy) is 1. The van der Waals surface area contributed by atoms with Gasteiger partial charge in [0.05, 0.1) is 5.70 Å². The second-order valence-electron chi connectivity index (χ2n) is 4.70. The van der Waals surface area contributed by atoms with Gasteiger partial charge in [0, 0.05) is 12.3 Å². The zero-order valence-corrected chi connectivity index (χ0v) is 12.9. The van der Waals surface area contributed by atoms with Gasteiger partial charge in [0.25, 0.3) is 0 Å². The predicted octanol–water partition coefficient (Wildman–Crippen LogP) is 3.25. The van der Waals surface area contributed by atoms with Gasteiger partial charge < -0.3 is 4.74 Å². The molecule has 0 saturated heterocycles. The van der Waals surface area contributed by atoms with E-state index < -0.39 is 0 Å². The Morgan fingerprint density at radius 1 is 1.23 bits per heavy atom. The Kier molecular flexibility index (Phi) is 5.84. The molecular weight excluding hydrogens is 271 g/mol. The first-order chi connectivity index (χ1) is 10.7. The van der Waals surface area contributed by atoms with Crippen LogP contribution in [0.2, 0.25) is 0 Å². The van der Waals surface area contributed by atoms with Crippen molar-refractivity contribution in [2.24, 2.45) is 0 Å². The smallest absolute Gasteiger partial charge is 0.233 e. The van der Waals surface area contributed by atoms with Crippen molar-refractivity contribution in [3.63, 3.8) is 0 Å². The maximum Gasteiger partial charge on any atom is 0.233 e. The van der Waals surface area contributed by atoms with Gasteiger partial charge in [-0.2, -0.15) is 0 Å². The van der Waals surface area contributed by atoms with E-state index in [1.54, 1.807) is 4.68 Å². The highest BCUT2D eigenvalue weighted by molar-refractivity contribution is 6.33. The van der Waals surface area contributed by atoms with Crippen molar-refractivity contribution < 1.29 is 4.74 Å². The largest absolute Gasteiger partial charge is 0.472 e. The fraction of sp³-hybridized carbons (Fsp3) is 0.167. The van der Waals surface area contributed by atoms with Gasteiger partial charge in [0.15, 0.2) is 0 Å². The van der Waals surface area contributed by atoms with Crippen LogP contribution in [0.1, 0.15) is 19.4 Å². The minimum atomic E-state index is 0.404. The molecule has 110 valence electrons. The van der Waals surface area contributed by atoms with Crippen molar-refractivity contribution in [2.45, 2.75) is 20.5 Å². The van der Waals surface area contributed by atoms with Gasteiger partial charge in [0.1, 0.15) is 14.5 Å². The fourth-order valence-corrected chi connectivity index (χ4v) is 1.92. The van der Waals surface area contributed by atoms with Crippen LogP contribution in [0.4, 0.5) is 0 Å². The Morgan fingerprint density at radius 3 is 2.77 bits per heavy atom. The van der Waals surface area contributed by atoms with Crippen LogP contribution >= 0.6 is 0 Å². The van der Waals surface area contributed by atoms with E-state index in [0.717, 1.165) is 16.7 Å². The van der Waals surface area contributed by atoms with Crippen LogP contribution in [-0.4, -0.2) is 17.6 Å². The number of hydrogen-bond acceptors (Lipinski definition) is 2. The van der Waals surface area contributed by atoms with Crippen molar-refractivity contribution in [3.8, 4) is 5.88 Å². The summed E-state index contributed by atoms with van der Waals surface area (Å²) < 4.78 is 7.49. The first kappa shape index (κ1) is 15.9. The van der Waals surface area contributed by atoms with Gasteiger partial charge in [-0.05, 0) is 31.6 Å². The molecule has 0 bridgehead atoms. The summed E-state index contributed by atoms with van der Waals surface area (Å²) >= 11 is 0. The molecule has 0 fully saturated rings. The minimum Gasteiger partial charge on any atom is -0.472 e. The van der Waals surface area contributed by atoms with E-state index in [4.69, 9.17) is 12.6 Å². The highest BCUT2D eigenvalue weighted by atomic mass is 16.5. The van der Waals surface area contributed by atoms with Gasteiger partial charge in [0.2, 0.25) is 5.88 Å². The molecule has 0 amide bonds. The van der Waals surface area contributed by atoms with E-state index in [1.165, 1.54) is 0 Å². The van der Waals surface area contributed by atoms with Crippen LogP contribution in [0, 0.1) is 0 Å². The Labute approximate surface area is 133 Å². The second-order valence-corrected chi connectivity index (χ2v) is 4.70. The maximum absolute atomic E-state index is 5.90. The molecule has 0 N–H and O–H groups in total. The normalized spacial score (nSPS) is 12.4. The Morgan fingerprint density at radius 2 is 2.05 bits per heavy atom. The molecule has 3 nitrogen and oxygen atoms in total. The van der Waals surface area contributed by atoms with E-state index >= 15 is 0 Å². The summed E-state index contributed by atoms with van der Waals surface area (Å²) in [6.45, 7) is 4.36. The lowest BCUT2D eigenvalue weighted by molar-refractivity contribution is 0.293. The average Bonchev–Trinajstić information content (AvgIpc) is 2.99. The van der Waals surface area contributed by atoms with Crippen molar-refractivity contribution >= 4 is 19.0 Å². The Bertz CT molecular complexity index is 699. The fourth-order valence-electron chi connectivity index (χ4n) is 1.92. The van der Waals surface area contributed by atoms with Gasteiger partial charge in [-0.1, -0.05) is 48.0 Å². The first-order valence-electron chi connectivity index (χ1n) is 7.22. The maximum atomic E-state index is 5.90. The molecule has 0 unspecified atom stereocenters. The van der Waals surface area contributed by atoms with Gasteiger partial charge in [-0.25, -0.2) is 4.68 Å². The molecule has 1 aromatic heterocycles. The van der Waals surface area contributed by atoms with Crippen LogP contribution in [-0.2, 0) is 6.61 Å². The molecule has 0 spiro atoms. The molecule has 0 atom stereocenters. The van der Waals surface area contributed by atoms with E-state index in [1.807, 2.05) is 80.8 Å². The topological polar surface area (TPSA) is 27.1 Å². The quantitative estimate of drug-likeness (QED) is 0.603. The van der Waals surface area contributed by atoms with Gasteiger partial charge in [-0.3, -0.25) is 0 Å². The predicted molar refractivity (Wildman–Crippen MR) is 92.3 cm³/mol. The third kappa shape index (κ3) is 4.25. The molecule has 0 aliphatic rings. The lowest BCUT2D eigenvalue weighted by Crippen LogP contribution is -2.12. The molecule has 0 aliphatic heterocycles. The summed E-state index contributed by atoms with van der Waals surface area (Å²) in [5.74, 6) is 0.569. The zero-order valence-electron chi connectivity index (χ0n) is 12.9. The van der Waals surface area contributed by atoms with Crippen molar-refractivity contribution in [1.29, 1.82) is 0 Å². The van der Waals surface area contributed by atoms with Crippen LogP contribution in [0.5, 0.6) is 5.88 Å². The monoisotopic (exact) mass is 290 g/mol. The third-order valence-electron chi connectivity index (χ3n) is 3.06. The second kappa shape index (κ2) is 8.08. The molecule has 0 saturated carbocycles. The van der Waals surface area contributed by atoms with E-state index in [2.05, 4.69) is 5.10 Å². The van der Waals surface area contributed by atoms with Gasteiger partial charge in [-0.15, -0.1) is 5.10 Å². The van der Waals surface area contributed by atoms with Crippen molar-refractivity contribution in [1.82, 2.24) is 9.78 Å². The molecule has 1 heterocycles. The zero-order chi connectivity index (χ0) is 15.8. The molecule has 0 aliphatic carbocycles. The Hall–Kier alpha value is -2.49. The van der Waals surface area contributed by atoms with Gasteiger partial charge >= 0.3 is 0 Å². The SMILES string of the molecule is [B]c1ccccc1COc1ccn(C(/C=C\C)=C/C=C\C)n1. The molecule has 2 aromatic rings. The minimum absolute atomic E-state index is 0.404. The summed E-state index contributed by atoms with van der Waals surface area (Å²) in [6.07, 6.45) is 11.8.